The summed E-state index contributed by atoms with van der Waals surface area (Å²) in [6.45, 7) is 0. The first-order valence-corrected chi connectivity index (χ1v) is 3.89. The summed E-state index contributed by atoms with van der Waals surface area (Å²) in [7, 11) is 0. The minimum absolute atomic E-state index is 0.674. The molecular formula is C8H5ClN2O2. The summed E-state index contributed by atoms with van der Waals surface area (Å²) in [4.78, 5) is 11.0. The molecule has 13 heavy (non-hydrogen) atoms. The number of benzene rings is 1. The molecule has 0 unspecified atom stereocenters. The highest BCUT2D eigenvalue weighted by atomic mass is 35.5. The Balaban J connectivity index is 2.64. The van der Waals surface area contributed by atoms with Crippen molar-refractivity contribution in [2.24, 2.45) is 0 Å². The Kier molecular flexibility index (Phi) is 1.90. The van der Waals surface area contributed by atoms with E-state index >= 15 is 0 Å². The number of hydrogen-bond acceptors (Lipinski definition) is 3. The van der Waals surface area contributed by atoms with Crippen molar-refractivity contribution in [1.82, 2.24) is 9.78 Å². The minimum Gasteiger partial charge on any atom is -0.329 e. The van der Waals surface area contributed by atoms with Crippen LogP contribution >= 0.6 is 11.9 Å². The van der Waals surface area contributed by atoms with Crippen molar-refractivity contribution >= 4 is 28.9 Å². The smallest absolute Gasteiger partial charge is 0.329 e. The van der Waals surface area contributed by atoms with Gasteiger partial charge in [-0.25, -0.2) is 4.79 Å². The highest BCUT2D eigenvalue weighted by Gasteiger charge is 2.09. The molecular weight excluding hydrogens is 192 g/mol. The quantitative estimate of drug-likeness (QED) is 0.649. The number of aromatic nitrogens is 2. The summed E-state index contributed by atoms with van der Waals surface area (Å²) in [5.74, 6) is 0. The Morgan fingerprint density at radius 2 is 2.23 bits per heavy atom. The number of fused-ring (bicyclic) bond motifs is 1. The maximum absolute atomic E-state index is 11.0. The van der Waals surface area contributed by atoms with Crippen molar-refractivity contribution in [2.45, 2.75) is 0 Å². The first-order valence-electron chi connectivity index (χ1n) is 3.58. The maximum Gasteiger partial charge on any atom is 0.453 e. The van der Waals surface area contributed by atoms with Gasteiger partial charge >= 0.3 is 6.09 Å². The SMILES string of the molecule is O=C(OCl)n1ncc2ccccc21. The third-order valence-electron chi connectivity index (χ3n) is 1.72. The molecule has 0 N–H and O–H groups in total. The predicted octanol–water partition coefficient (Wildman–Crippen LogP) is 2.17. The summed E-state index contributed by atoms with van der Waals surface area (Å²) >= 11 is 4.93. The topological polar surface area (TPSA) is 44.1 Å². The van der Waals surface area contributed by atoms with Crippen LogP contribution in [0.4, 0.5) is 4.79 Å². The third kappa shape index (κ3) is 1.25. The van der Waals surface area contributed by atoms with Crippen molar-refractivity contribution in [3.8, 4) is 0 Å². The molecule has 1 heterocycles. The molecule has 5 heteroatoms. The van der Waals surface area contributed by atoms with Crippen LogP contribution in [0, 0.1) is 0 Å². The van der Waals surface area contributed by atoms with Gasteiger partial charge in [0.15, 0.2) is 0 Å². The van der Waals surface area contributed by atoms with Gasteiger partial charge in [0.2, 0.25) is 0 Å². The molecule has 0 atom stereocenters. The average molecular weight is 197 g/mol. The standard InChI is InChI=1S/C8H5ClN2O2/c9-13-8(12)11-7-4-2-1-3-6(7)5-10-11/h1-5H. The molecule has 66 valence electrons. The Morgan fingerprint density at radius 1 is 1.46 bits per heavy atom. The number of nitrogens with zero attached hydrogens (tertiary/aromatic N) is 2. The van der Waals surface area contributed by atoms with E-state index in [0.717, 1.165) is 10.1 Å². The highest BCUT2D eigenvalue weighted by Crippen LogP contribution is 2.12. The van der Waals surface area contributed by atoms with Crippen molar-refractivity contribution in [3.63, 3.8) is 0 Å². The Morgan fingerprint density at radius 3 is 3.00 bits per heavy atom. The van der Waals surface area contributed by atoms with E-state index in [1.807, 2.05) is 18.2 Å². The lowest BCUT2D eigenvalue weighted by Gasteiger charge is -1.95. The fraction of sp³-hybridized carbons (Fsp3) is 0. The van der Waals surface area contributed by atoms with Gasteiger partial charge in [-0.05, 0) is 6.07 Å². The average Bonchev–Trinajstić information content (AvgIpc) is 2.60. The van der Waals surface area contributed by atoms with Gasteiger partial charge < -0.3 is 4.29 Å². The van der Waals surface area contributed by atoms with Gasteiger partial charge in [0.1, 0.15) is 11.9 Å². The molecule has 0 saturated carbocycles. The zero-order valence-electron chi connectivity index (χ0n) is 6.48. The lowest BCUT2D eigenvalue weighted by atomic mass is 10.3. The monoisotopic (exact) mass is 196 g/mol. The lowest BCUT2D eigenvalue weighted by Crippen LogP contribution is -2.10. The van der Waals surface area contributed by atoms with Gasteiger partial charge in [-0.3, -0.25) is 0 Å². The van der Waals surface area contributed by atoms with Gasteiger partial charge in [0.05, 0.1) is 11.7 Å². The molecule has 2 rings (SSSR count). The summed E-state index contributed by atoms with van der Waals surface area (Å²) in [6, 6.07) is 7.28. The van der Waals surface area contributed by atoms with Crippen molar-refractivity contribution < 1.29 is 9.08 Å². The van der Waals surface area contributed by atoms with Crippen molar-refractivity contribution in [3.05, 3.63) is 30.5 Å². The van der Waals surface area contributed by atoms with E-state index in [1.165, 1.54) is 0 Å². The van der Waals surface area contributed by atoms with E-state index in [1.54, 1.807) is 12.3 Å². The normalized spacial score (nSPS) is 10.2. The number of carbonyl (C=O) groups is 1. The molecule has 0 spiro atoms. The summed E-state index contributed by atoms with van der Waals surface area (Å²) in [6.07, 6.45) is 0.867. The van der Waals surface area contributed by atoms with Gasteiger partial charge in [-0.15, -0.1) is 0 Å². The molecule has 4 nitrogen and oxygen atoms in total. The highest BCUT2D eigenvalue weighted by molar-refractivity contribution is 6.13. The molecule has 0 amide bonds. The molecule has 0 aliphatic heterocycles. The van der Waals surface area contributed by atoms with E-state index in [-0.39, 0.29) is 0 Å². The van der Waals surface area contributed by atoms with Crippen LogP contribution in [0.1, 0.15) is 0 Å². The third-order valence-corrected chi connectivity index (χ3v) is 1.85. The molecule has 0 radical (unpaired) electrons. The lowest BCUT2D eigenvalue weighted by molar-refractivity contribution is 0.204. The van der Waals surface area contributed by atoms with Crippen LogP contribution in [-0.2, 0) is 4.29 Å². The fourth-order valence-corrected chi connectivity index (χ4v) is 1.22. The summed E-state index contributed by atoms with van der Waals surface area (Å²) in [5.41, 5.74) is 0.674. The second-order valence-electron chi connectivity index (χ2n) is 2.46. The van der Waals surface area contributed by atoms with E-state index < -0.39 is 6.09 Å². The summed E-state index contributed by atoms with van der Waals surface area (Å²) in [5, 5.41) is 4.69. The Hall–Kier alpha value is -1.55. The largest absolute Gasteiger partial charge is 0.453 e. The van der Waals surface area contributed by atoms with E-state index in [0.29, 0.717) is 5.52 Å². The number of hydrogen-bond donors (Lipinski definition) is 0. The van der Waals surface area contributed by atoms with E-state index in [2.05, 4.69) is 9.39 Å². The number of halogens is 1. The van der Waals surface area contributed by atoms with Crippen LogP contribution in [-0.4, -0.2) is 15.9 Å². The van der Waals surface area contributed by atoms with Crippen LogP contribution in [0.25, 0.3) is 10.9 Å². The number of carbonyl (C=O) groups excluding carboxylic acids is 1. The van der Waals surface area contributed by atoms with E-state index in [4.69, 9.17) is 11.9 Å². The maximum atomic E-state index is 11.0. The Bertz CT molecular complexity index is 452. The minimum atomic E-state index is -0.706. The number of rotatable bonds is 0. The molecule has 1 aromatic carbocycles. The Labute approximate surface area is 78.8 Å². The molecule has 0 aliphatic carbocycles. The van der Waals surface area contributed by atoms with Gasteiger partial charge in [-0.2, -0.15) is 9.78 Å². The van der Waals surface area contributed by atoms with E-state index in [9.17, 15) is 4.79 Å². The van der Waals surface area contributed by atoms with Crippen LogP contribution in [0.3, 0.4) is 0 Å². The zero-order valence-corrected chi connectivity index (χ0v) is 7.23. The predicted molar refractivity (Wildman–Crippen MR) is 47.5 cm³/mol. The first kappa shape index (κ1) is 8.07. The number of para-hydroxylation sites is 1. The molecule has 0 saturated heterocycles. The molecule has 1 aromatic heterocycles. The second kappa shape index (κ2) is 3.06. The van der Waals surface area contributed by atoms with Crippen LogP contribution in [0.15, 0.2) is 30.5 Å². The van der Waals surface area contributed by atoms with Crippen LogP contribution < -0.4 is 0 Å². The van der Waals surface area contributed by atoms with Crippen LogP contribution in [0.2, 0.25) is 0 Å². The molecule has 0 fully saturated rings. The molecule has 0 bridgehead atoms. The van der Waals surface area contributed by atoms with Crippen molar-refractivity contribution in [1.29, 1.82) is 0 Å². The zero-order chi connectivity index (χ0) is 9.26. The van der Waals surface area contributed by atoms with Gasteiger partial charge in [0, 0.05) is 5.39 Å². The summed E-state index contributed by atoms with van der Waals surface area (Å²) < 4.78 is 5.14. The van der Waals surface area contributed by atoms with Gasteiger partial charge in [0.25, 0.3) is 0 Å². The van der Waals surface area contributed by atoms with Gasteiger partial charge in [-0.1, -0.05) is 18.2 Å². The fourth-order valence-electron chi connectivity index (χ4n) is 1.15. The molecule has 2 aromatic rings. The second-order valence-corrected chi connectivity index (χ2v) is 2.61. The van der Waals surface area contributed by atoms with Crippen LogP contribution in [0.5, 0.6) is 0 Å². The first-order chi connectivity index (χ1) is 6.33. The van der Waals surface area contributed by atoms with Crippen molar-refractivity contribution in [2.75, 3.05) is 0 Å². The molecule has 0 aliphatic rings.